The molecule has 1 N–H and O–H groups in total. The largest absolute Gasteiger partial charge is 0.308 e. The molecule has 0 aliphatic carbocycles. The van der Waals surface area contributed by atoms with Crippen molar-refractivity contribution >= 4 is 0 Å². The van der Waals surface area contributed by atoms with Gasteiger partial charge < -0.3 is 5.32 Å². The van der Waals surface area contributed by atoms with Crippen LogP contribution in [0.4, 0.5) is 0 Å². The van der Waals surface area contributed by atoms with Crippen LogP contribution < -0.4 is 5.32 Å². The average Bonchev–Trinajstić information content (AvgIpc) is 2.85. The molecule has 108 valence electrons. The Bertz CT molecular complexity index is 564. The first-order valence-electron chi connectivity index (χ1n) is 7.12. The summed E-state index contributed by atoms with van der Waals surface area (Å²) in [6, 6.07) is 6.12. The number of aromatic nitrogens is 3. The van der Waals surface area contributed by atoms with Crippen molar-refractivity contribution in [1.29, 1.82) is 0 Å². The van der Waals surface area contributed by atoms with E-state index in [0.717, 1.165) is 23.6 Å². The summed E-state index contributed by atoms with van der Waals surface area (Å²) in [6.45, 7) is 11.6. The third kappa shape index (κ3) is 3.67. The summed E-state index contributed by atoms with van der Waals surface area (Å²) >= 11 is 0. The molecule has 0 unspecified atom stereocenters. The molecule has 0 aliphatic rings. The van der Waals surface area contributed by atoms with E-state index in [0.29, 0.717) is 5.92 Å². The molecule has 4 heteroatoms. The lowest BCUT2D eigenvalue weighted by atomic mass is 10.1. The normalized spacial score (nSPS) is 12.1. The van der Waals surface area contributed by atoms with E-state index in [2.05, 4.69) is 62.2 Å². The number of rotatable bonds is 4. The van der Waals surface area contributed by atoms with Gasteiger partial charge in [-0.15, -0.1) is 0 Å². The third-order valence-electron chi connectivity index (χ3n) is 3.09. The van der Waals surface area contributed by atoms with Crippen LogP contribution in [0.25, 0.3) is 5.82 Å². The van der Waals surface area contributed by atoms with Gasteiger partial charge in [0, 0.05) is 30.0 Å². The molecule has 0 radical (unpaired) electrons. The molecule has 4 nitrogen and oxygen atoms in total. The zero-order valence-corrected chi connectivity index (χ0v) is 13.0. The van der Waals surface area contributed by atoms with E-state index in [9.17, 15) is 0 Å². The highest BCUT2D eigenvalue weighted by Gasteiger charge is 2.13. The van der Waals surface area contributed by atoms with Crippen molar-refractivity contribution in [2.45, 2.75) is 52.6 Å². The van der Waals surface area contributed by atoms with Crippen molar-refractivity contribution < 1.29 is 0 Å². The van der Waals surface area contributed by atoms with Gasteiger partial charge in [-0.2, -0.15) is 5.10 Å². The molecule has 2 aromatic rings. The molecular weight excluding hydrogens is 248 g/mol. The highest BCUT2D eigenvalue weighted by molar-refractivity contribution is 5.33. The van der Waals surface area contributed by atoms with Gasteiger partial charge in [0.05, 0.1) is 5.69 Å². The zero-order valence-electron chi connectivity index (χ0n) is 13.0. The monoisotopic (exact) mass is 272 g/mol. The molecule has 20 heavy (non-hydrogen) atoms. The first kappa shape index (κ1) is 14.7. The Morgan fingerprint density at radius 3 is 2.60 bits per heavy atom. The van der Waals surface area contributed by atoms with Crippen LogP contribution in [0.3, 0.4) is 0 Å². The molecule has 0 aliphatic heterocycles. The molecule has 2 rings (SSSR count). The third-order valence-corrected chi connectivity index (χ3v) is 3.09. The first-order valence-corrected chi connectivity index (χ1v) is 7.12. The standard InChI is InChI=1S/C16H24N4/c1-12(2)14-8-10-20(19-14)15-13(7-6-9-17-15)11-18-16(3,4)5/h6-10,12,18H,11H2,1-5H3. The highest BCUT2D eigenvalue weighted by atomic mass is 15.3. The van der Waals surface area contributed by atoms with Crippen LogP contribution in [0.2, 0.25) is 0 Å². The smallest absolute Gasteiger partial charge is 0.157 e. The average molecular weight is 272 g/mol. The van der Waals surface area contributed by atoms with Crippen LogP contribution >= 0.6 is 0 Å². The fraction of sp³-hybridized carbons (Fsp3) is 0.500. The van der Waals surface area contributed by atoms with Gasteiger partial charge in [-0.05, 0) is 38.8 Å². The Balaban J connectivity index is 2.27. The summed E-state index contributed by atoms with van der Waals surface area (Å²) in [6.07, 6.45) is 3.80. The van der Waals surface area contributed by atoms with Crippen LogP contribution in [0.1, 0.15) is 51.8 Å². The van der Waals surface area contributed by atoms with E-state index >= 15 is 0 Å². The molecular formula is C16H24N4. The van der Waals surface area contributed by atoms with Gasteiger partial charge in [0.15, 0.2) is 5.82 Å². The van der Waals surface area contributed by atoms with Crippen LogP contribution in [0.15, 0.2) is 30.6 Å². The Labute approximate surface area is 121 Å². The zero-order chi connectivity index (χ0) is 14.8. The van der Waals surface area contributed by atoms with Gasteiger partial charge in [-0.25, -0.2) is 9.67 Å². The second-order valence-electron chi connectivity index (χ2n) is 6.43. The van der Waals surface area contributed by atoms with Gasteiger partial charge in [0.25, 0.3) is 0 Å². The van der Waals surface area contributed by atoms with Gasteiger partial charge >= 0.3 is 0 Å². The Kier molecular flexibility index (Phi) is 4.23. The quantitative estimate of drug-likeness (QED) is 0.928. The van der Waals surface area contributed by atoms with E-state index in [1.165, 1.54) is 0 Å². The second kappa shape index (κ2) is 5.75. The maximum atomic E-state index is 4.61. The van der Waals surface area contributed by atoms with E-state index in [1.807, 2.05) is 23.1 Å². The summed E-state index contributed by atoms with van der Waals surface area (Å²) in [7, 11) is 0. The molecule has 0 atom stereocenters. The lowest BCUT2D eigenvalue weighted by Crippen LogP contribution is -2.35. The van der Waals surface area contributed by atoms with Crippen molar-refractivity contribution in [2.75, 3.05) is 0 Å². The number of nitrogens with one attached hydrogen (secondary N) is 1. The van der Waals surface area contributed by atoms with Crippen molar-refractivity contribution in [3.63, 3.8) is 0 Å². The van der Waals surface area contributed by atoms with Crippen molar-refractivity contribution in [2.24, 2.45) is 0 Å². The van der Waals surface area contributed by atoms with Gasteiger partial charge in [-0.1, -0.05) is 19.9 Å². The van der Waals surface area contributed by atoms with Crippen LogP contribution in [0, 0.1) is 0 Å². The molecule has 0 aromatic carbocycles. The van der Waals surface area contributed by atoms with Gasteiger partial charge in [0.2, 0.25) is 0 Å². The van der Waals surface area contributed by atoms with Crippen molar-refractivity contribution in [1.82, 2.24) is 20.1 Å². The van der Waals surface area contributed by atoms with Crippen LogP contribution in [-0.2, 0) is 6.54 Å². The van der Waals surface area contributed by atoms with Gasteiger partial charge in [-0.3, -0.25) is 0 Å². The van der Waals surface area contributed by atoms with E-state index in [1.54, 1.807) is 0 Å². The molecule has 0 saturated heterocycles. The first-order chi connectivity index (χ1) is 9.37. The van der Waals surface area contributed by atoms with Crippen molar-refractivity contribution in [3.05, 3.63) is 41.9 Å². The number of hydrogen-bond acceptors (Lipinski definition) is 3. The summed E-state index contributed by atoms with van der Waals surface area (Å²) in [5, 5.41) is 8.11. The van der Waals surface area contributed by atoms with Crippen LogP contribution in [-0.4, -0.2) is 20.3 Å². The summed E-state index contributed by atoms with van der Waals surface area (Å²) in [5.74, 6) is 1.33. The molecule has 0 bridgehead atoms. The SMILES string of the molecule is CC(C)c1ccn(-c2ncccc2CNC(C)(C)C)n1. The maximum absolute atomic E-state index is 4.61. The molecule has 2 heterocycles. The number of nitrogens with zero attached hydrogens (tertiary/aromatic N) is 3. The lowest BCUT2D eigenvalue weighted by molar-refractivity contribution is 0.423. The molecule has 0 amide bonds. The molecule has 0 spiro atoms. The maximum Gasteiger partial charge on any atom is 0.157 e. The molecule has 2 aromatic heterocycles. The fourth-order valence-electron chi connectivity index (χ4n) is 1.90. The Morgan fingerprint density at radius 2 is 2.00 bits per heavy atom. The fourth-order valence-corrected chi connectivity index (χ4v) is 1.90. The van der Waals surface area contributed by atoms with Gasteiger partial charge in [0.1, 0.15) is 0 Å². The number of pyridine rings is 1. The predicted octanol–water partition coefficient (Wildman–Crippen LogP) is 3.28. The minimum atomic E-state index is 0.0837. The summed E-state index contributed by atoms with van der Waals surface area (Å²) in [5.41, 5.74) is 2.33. The summed E-state index contributed by atoms with van der Waals surface area (Å²) in [4.78, 5) is 4.48. The topological polar surface area (TPSA) is 42.7 Å². The predicted molar refractivity (Wildman–Crippen MR) is 82.0 cm³/mol. The van der Waals surface area contributed by atoms with E-state index in [-0.39, 0.29) is 5.54 Å². The molecule has 0 saturated carbocycles. The number of hydrogen-bond donors (Lipinski definition) is 1. The minimum absolute atomic E-state index is 0.0837. The van der Waals surface area contributed by atoms with Crippen LogP contribution in [0.5, 0.6) is 0 Å². The Morgan fingerprint density at radius 1 is 1.25 bits per heavy atom. The minimum Gasteiger partial charge on any atom is -0.308 e. The molecule has 0 fully saturated rings. The second-order valence-corrected chi connectivity index (χ2v) is 6.43. The van der Waals surface area contributed by atoms with Crippen molar-refractivity contribution in [3.8, 4) is 5.82 Å². The highest BCUT2D eigenvalue weighted by Crippen LogP contribution is 2.16. The van der Waals surface area contributed by atoms with E-state index < -0.39 is 0 Å². The lowest BCUT2D eigenvalue weighted by Gasteiger charge is -2.21. The Hall–Kier alpha value is -1.68. The summed E-state index contributed by atoms with van der Waals surface area (Å²) < 4.78 is 1.87. The van der Waals surface area contributed by atoms with E-state index in [4.69, 9.17) is 0 Å².